The van der Waals surface area contributed by atoms with Crippen LogP contribution in [0.4, 0.5) is 0 Å². The minimum Gasteiger partial charge on any atom is -0.388 e. The highest BCUT2D eigenvalue weighted by atomic mass is 16.3. The van der Waals surface area contributed by atoms with Crippen LogP contribution in [0.15, 0.2) is 48.5 Å². The molecule has 0 aromatic heterocycles. The number of benzene rings is 2. The Bertz CT molecular complexity index is 721. The van der Waals surface area contributed by atoms with Crippen molar-refractivity contribution in [3.8, 4) is 0 Å². The number of rotatable bonds is 3. The second-order valence-corrected chi connectivity index (χ2v) is 8.15. The van der Waals surface area contributed by atoms with E-state index >= 15 is 0 Å². The molecule has 2 nitrogen and oxygen atoms in total. The molecule has 1 N–H and O–H groups in total. The number of hydrogen-bond acceptors (Lipinski definition) is 2. The lowest BCUT2D eigenvalue weighted by Crippen LogP contribution is -2.47. The zero-order chi connectivity index (χ0) is 17.6. The van der Waals surface area contributed by atoms with Crippen LogP contribution in [0, 0.1) is 19.8 Å². The highest BCUT2D eigenvalue weighted by molar-refractivity contribution is 5.30. The quantitative estimate of drug-likeness (QED) is 0.886. The fourth-order valence-corrected chi connectivity index (χ4v) is 5.10. The Morgan fingerprint density at radius 1 is 0.920 bits per heavy atom. The van der Waals surface area contributed by atoms with Crippen molar-refractivity contribution < 1.29 is 5.11 Å². The van der Waals surface area contributed by atoms with Crippen molar-refractivity contribution >= 4 is 0 Å². The van der Waals surface area contributed by atoms with Crippen molar-refractivity contribution in [1.29, 1.82) is 0 Å². The summed E-state index contributed by atoms with van der Waals surface area (Å²) < 4.78 is 0. The molecule has 0 aliphatic carbocycles. The maximum atomic E-state index is 11.3. The highest BCUT2D eigenvalue weighted by Gasteiger charge is 2.48. The van der Waals surface area contributed by atoms with Gasteiger partial charge in [0.1, 0.15) is 0 Å². The summed E-state index contributed by atoms with van der Waals surface area (Å²) in [6.07, 6.45) is 3.22. The molecule has 2 saturated heterocycles. The average Bonchev–Trinajstić information content (AvgIpc) is 2.85. The van der Waals surface area contributed by atoms with Crippen molar-refractivity contribution in [3.63, 3.8) is 0 Å². The number of nitrogens with zero attached hydrogens (tertiary/aromatic N) is 1. The zero-order valence-electron chi connectivity index (χ0n) is 15.5. The Labute approximate surface area is 151 Å². The zero-order valence-corrected chi connectivity index (χ0v) is 15.5. The summed E-state index contributed by atoms with van der Waals surface area (Å²) in [6, 6.07) is 18.6. The third-order valence-electron chi connectivity index (χ3n) is 6.62. The van der Waals surface area contributed by atoms with Gasteiger partial charge in [0, 0.05) is 18.0 Å². The topological polar surface area (TPSA) is 23.5 Å². The summed E-state index contributed by atoms with van der Waals surface area (Å²) in [5.41, 5.74) is 5.00. The predicted molar refractivity (Wildman–Crippen MR) is 103 cm³/mol. The van der Waals surface area contributed by atoms with Crippen LogP contribution in [-0.2, 0) is 0 Å². The lowest BCUT2D eigenvalue weighted by molar-refractivity contribution is 0.00309. The van der Waals surface area contributed by atoms with Gasteiger partial charge in [-0.3, -0.25) is 0 Å². The van der Waals surface area contributed by atoms with E-state index in [1.165, 1.54) is 29.5 Å². The van der Waals surface area contributed by atoms with Crippen LogP contribution in [0.25, 0.3) is 0 Å². The first kappa shape index (κ1) is 16.8. The second-order valence-electron chi connectivity index (χ2n) is 8.15. The molecule has 2 heteroatoms. The molecule has 4 rings (SSSR count). The molecule has 2 aliphatic rings. The Morgan fingerprint density at radius 2 is 1.52 bits per heavy atom. The number of aliphatic hydroxyl groups is 1. The molecular formula is C23H29NO. The van der Waals surface area contributed by atoms with E-state index in [4.69, 9.17) is 0 Å². The van der Waals surface area contributed by atoms with Crippen molar-refractivity contribution in [2.45, 2.75) is 57.2 Å². The summed E-state index contributed by atoms with van der Waals surface area (Å²) in [6.45, 7) is 4.24. The van der Waals surface area contributed by atoms with Crippen molar-refractivity contribution in [2.24, 2.45) is 5.92 Å². The molecule has 2 aromatic rings. The minimum atomic E-state index is -0.404. The average molecular weight is 335 g/mol. The van der Waals surface area contributed by atoms with E-state index in [1.54, 1.807) is 0 Å². The standard InChI is InChI=1S/C23H29NO/c1-15-4-8-17(9-5-15)20-14-19-12-13-21(24(19)3)22(20)23(25)18-10-6-16(2)7-11-18/h4-11,19-23,25H,12-14H2,1-3H3/t19-,20-,21?,22+,23-/m1/s1. The molecule has 132 valence electrons. The van der Waals surface area contributed by atoms with Gasteiger partial charge in [-0.15, -0.1) is 0 Å². The summed E-state index contributed by atoms with van der Waals surface area (Å²) in [7, 11) is 2.25. The summed E-state index contributed by atoms with van der Waals surface area (Å²) in [5, 5.41) is 11.3. The van der Waals surface area contributed by atoms with Crippen LogP contribution in [0.3, 0.4) is 0 Å². The van der Waals surface area contributed by atoms with E-state index in [0.717, 1.165) is 12.0 Å². The van der Waals surface area contributed by atoms with Gasteiger partial charge in [-0.2, -0.15) is 0 Å². The van der Waals surface area contributed by atoms with E-state index < -0.39 is 6.10 Å². The minimum absolute atomic E-state index is 0.258. The summed E-state index contributed by atoms with van der Waals surface area (Å²) >= 11 is 0. The van der Waals surface area contributed by atoms with Crippen LogP contribution in [0.5, 0.6) is 0 Å². The van der Waals surface area contributed by atoms with Crippen LogP contribution in [0.2, 0.25) is 0 Å². The van der Waals surface area contributed by atoms with Crippen LogP contribution >= 0.6 is 0 Å². The summed E-state index contributed by atoms with van der Waals surface area (Å²) in [4.78, 5) is 2.53. The third-order valence-corrected chi connectivity index (χ3v) is 6.62. The molecule has 0 amide bonds. The normalized spacial score (nSPS) is 30.4. The Balaban J connectivity index is 1.71. The number of fused-ring (bicyclic) bond motifs is 2. The molecule has 0 spiro atoms. The number of hydrogen-bond donors (Lipinski definition) is 1. The molecule has 2 bridgehead atoms. The molecule has 2 heterocycles. The van der Waals surface area contributed by atoms with Crippen molar-refractivity contribution in [3.05, 3.63) is 70.8 Å². The Morgan fingerprint density at radius 3 is 2.16 bits per heavy atom. The largest absolute Gasteiger partial charge is 0.388 e. The predicted octanol–water partition coefficient (Wildman–Crippen LogP) is 4.60. The van der Waals surface area contributed by atoms with E-state index in [0.29, 0.717) is 18.0 Å². The van der Waals surface area contributed by atoms with Crippen molar-refractivity contribution in [1.82, 2.24) is 4.90 Å². The van der Waals surface area contributed by atoms with Gasteiger partial charge in [0.15, 0.2) is 0 Å². The van der Waals surface area contributed by atoms with Gasteiger partial charge < -0.3 is 10.0 Å². The lowest BCUT2D eigenvalue weighted by Gasteiger charge is -2.45. The fraction of sp³-hybridized carbons (Fsp3) is 0.478. The van der Waals surface area contributed by atoms with Gasteiger partial charge in [-0.25, -0.2) is 0 Å². The molecule has 1 unspecified atom stereocenters. The fourth-order valence-electron chi connectivity index (χ4n) is 5.10. The van der Waals surface area contributed by atoms with Gasteiger partial charge in [0.05, 0.1) is 6.10 Å². The first-order valence-electron chi connectivity index (χ1n) is 9.57. The maximum Gasteiger partial charge on any atom is 0.0839 e. The van der Waals surface area contributed by atoms with Gasteiger partial charge in [0.2, 0.25) is 0 Å². The van der Waals surface area contributed by atoms with Crippen molar-refractivity contribution in [2.75, 3.05) is 7.05 Å². The number of piperidine rings is 1. The number of aliphatic hydroxyl groups excluding tert-OH is 1. The molecule has 5 atom stereocenters. The number of aryl methyl sites for hydroxylation is 2. The molecule has 0 radical (unpaired) electrons. The first-order chi connectivity index (χ1) is 12.0. The smallest absolute Gasteiger partial charge is 0.0839 e. The van der Waals surface area contributed by atoms with E-state index in [2.05, 4.69) is 74.3 Å². The van der Waals surface area contributed by atoms with Crippen LogP contribution in [-0.4, -0.2) is 29.1 Å². The maximum absolute atomic E-state index is 11.3. The SMILES string of the molecule is Cc1ccc([C@@H](O)[C@@H]2C3CC[C@H](C[C@@H]2c2ccc(C)cc2)N3C)cc1. The first-order valence-corrected chi connectivity index (χ1v) is 9.57. The van der Waals surface area contributed by atoms with Crippen LogP contribution < -0.4 is 0 Å². The Kier molecular flexibility index (Phi) is 4.43. The van der Waals surface area contributed by atoms with E-state index in [9.17, 15) is 5.11 Å². The molecule has 2 fully saturated rings. The Hall–Kier alpha value is -1.64. The monoisotopic (exact) mass is 335 g/mol. The van der Waals surface area contributed by atoms with E-state index in [-0.39, 0.29) is 5.92 Å². The molecule has 2 aliphatic heterocycles. The highest BCUT2D eigenvalue weighted by Crippen LogP contribution is 2.50. The second kappa shape index (κ2) is 6.59. The molecule has 0 saturated carbocycles. The summed E-state index contributed by atoms with van der Waals surface area (Å²) in [5.74, 6) is 0.694. The van der Waals surface area contributed by atoms with E-state index in [1.807, 2.05) is 0 Å². The van der Waals surface area contributed by atoms with Gasteiger partial charge >= 0.3 is 0 Å². The van der Waals surface area contributed by atoms with Gasteiger partial charge in [-0.05, 0) is 57.2 Å². The third kappa shape index (κ3) is 3.02. The molecule has 25 heavy (non-hydrogen) atoms. The lowest BCUT2D eigenvalue weighted by atomic mass is 9.72. The van der Waals surface area contributed by atoms with Gasteiger partial charge in [-0.1, -0.05) is 59.7 Å². The molecule has 2 aromatic carbocycles. The van der Waals surface area contributed by atoms with Crippen LogP contribution in [0.1, 0.15) is 53.5 Å². The molecular weight excluding hydrogens is 306 g/mol. The van der Waals surface area contributed by atoms with Gasteiger partial charge in [0.25, 0.3) is 0 Å².